The van der Waals surface area contributed by atoms with Crippen LogP contribution in [0, 0.1) is 6.92 Å². The van der Waals surface area contributed by atoms with E-state index in [1.165, 1.54) is 7.11 Å². The molecule has 6 nitrogen and oxygen atoms in total. The molecular formula is C13H15N3O3. The molecule has 6 heteroatoms. The molecule has 0 aliphatic carbocycles. The van der Waals surface area contributed by atoms with Crippen molar-refractivity contribution in [1.82, 2.24) is 15.5 Å². The number of carbonyl (C=O) groups is 1. The maximum absolute atomic E-state index is 12.0. The molecule has 1 N–H and O–H groups in total. The standard InChI is InChI=1S/C13H15N3O3/c1-9-15-11(19-16-9)8-14-13(17)12(18-2)10-6-4-3-5-7-10/h3-7,12H,8H2,1-2H3,(H,14,17)/t12-/m1/s1. The van der Waals surface area contributed by atoms with Gasteiger partial charge >= 0.3 is 0 Å². The number of benzene rings is 1. The minimum absolute atomic E-state index is 0.187. The first-order valence-corrected chi connectivity index (χ1v) is 5.85. The summed E-state index contributed by atoms with van der Waals surface area (Å²) in [7, 11) is 1.49. The van der Waals surface area contributed by atoms with Gasteiger partial charge in [0.05, 0.1) is 6.54 Å². The fraction of sp³-hybridized carbons (Fsp3) is 0.308. The minimum atomic E-state index is -0.648. The topological polar surface area (TPSA) is 77.2 Å². The van der Waals surface area contributed by atoms with Gasteiger partial charge in [0.25, 0.3) is 5.91 Å². The number of ether oxygens (including phenoxy) is 1. The summed E-state index contributed by atoms with van der Waals surface area (Å²) in [5.74, 6) is 0.661. The molecule has 1 aromatic carbocycles. The van der Waals surface area contributed by atoms with E-state index in [4.69, 9.17) is 9.26 Å². The highest BCUT2D eigenvalue weighted by Crippen LogP contribution is 2.16. The van der Waals surface area contributed by atoms with Crippen molar-refractivity contribution in [3.63, 3.8) is 0 Å². The summed E-state index contributed by atoms with van der Waals surface area (Å²) in [4.78, 5) is 16.0. The van der Waals surface area contributed by atoms with Gasteiger partial charge in [-0.3, -0.25) is 4.79 Å². The minimum Gasteiger partial charge on any atom is -0.367 e. The molecule has 0 aliphatic rings. The lowest BCUT2D eigenvalue weighted by Crippen LogP contribution is -2.30. The van der Waals surface area contributed by atoms with Gasteiger partial charge in [0.15, 0.2) is 11.9 Å². The molecule has 1 atom stereocenters. The molecule has 0 spiro atoms. The van der Waals surface area contributed by atoms with Crippen LogP contribution in [0.5, 0.6) is 0 Å². The smallest absolute Gasteiger partial charge is 0.254 e. The lowest BCUT2D eigenvalue weighted by atomic mass is 10.1. The molecule has 2 aromatic rings. The maximum atomic E-state index is 12.0. The Labute approximate surface area is 110 Å². The average molecular weight is 261 g/mol. The first-order chi connectivity index (χ1) is 9.20. The zero-order valence-electron chi connectivity index (χ0n) is 10.8. The van der Waals surface area contributed by atoms with Gasteiger partial charge in [-0.1, -0.05) is 35.5 Å². The van der Waals surface area contributed by atoms with Crippen LogP contribution in [0.15, 0.2) is 34.9 Å². The highest BCUT2D eigenvalue weighted by Gasteiger charge is 2.20. The van der Waals surface area contributed by atoms with E-state index in [0.29, 0.717) is 11.7 Å². The Hall–Kier alpha value is -2.21. The highest BCUT2D eigenvalue weighted by atomic mass is 16.5. The van der Waals surface area contributed by atoms with E-state index in [9.17, 15) is 4.79 Å². The molecule has 2 rings (SSSR count). The normalized spacial score (nSPS) is 12.1. The van der Waals surface area contributed by atoms with Crippen molar-refractivity contribution in [3.8, 4) is 0 Å². The second-order valence-corrected chi connectivity index (χ2v) is 3.98. The summed E-state index contributed by atoms with van der Waals surface area (Å²) in [5, 5.41) is 6.35. The summed E-state index contributed by atoms with van der Waals surface area (Å²) in [6, 6.07) is 9.27. The highest BCUT2D eigenvalue weighted by molar-refractivity contribution is 5.82. The first-order valence-electron chi connectivity index (χ1n) is 5.85. The maximum Gasteiger partial charge on any atom is 0.254 e. The van der Waals surface area contributed by atoms with Crippen LogP contribution in [0.1, 0.15) is 23.4 Å². The number of hydrogen-bond acceptors (Lipinski definition) is 5. The van der Waals surface area contributed by atoms with Gasteiger partial charge < -0.3 is 14.6 Å². The molecule has 0 bridgehead atoms. The summed E-state index contributed by atoms with van der Waals surface area (Å²) in [5.41, 5.74) is 0.796. The van der Waals surface area contributed by atoms with Gasteiger partial charge in [-0.2, -0.15) is 4.98 Å². The third-order valence-electron chi connectivity index (χ3n) is 2.56. The SMILES string of the molecule is CO[C@@H](C(=O)NCc1nc(C)no1)c1ccccc1. The van der Waals surface area contributed by atoms with Crippen molar-refractivity contribution in [1.29, 1.82) is 0 Å². The number of methoxy groups -OCH3 is 1. The molecule has 0 fully saturated rings. The summed E-state index contributed by atoms with van der Waals surface area (Å²) in [6.07, 6.45) is -0.648. The van der Waals surface area contributed by atoms with Crippen LogP contribution in [0.4, 0.5) is 0 Å². The van der Waals surface area contributed by atoms with Crippen molar-refractivity contribution in [2.45, 2.75) is 19.6 Å². The molecule has 0 saturated carbocycles. The van der Waals surface area contributed by atoms with Crippen LogP contribution in [0.3, 0.4) is 0 Å². The quantitative estimate of drug-likeness (QED) is 0.879. The lowest BCUT2D eigenvalue weighted by molar-refractivity contribution is -0.131. The van der Waals surface area contributed by atoms with E-state index in [1.807, 2.05) is 30.3 Å². The van der Waals surface area contributed by atoms with Gasteiger partial charge in [0, 0.05) is 7.11 Å². The van der Waals surface area contributed by atoms with Gasteiger partial charge in [-0.25, -0.2) is 0 Å². The molecule has 0 aliphatic heterocycles. The van der Waals surface area contributed by atoms with Crippen LogP contribution in [0.25, 0.3) is 0 Å². The van der Waals surface area contributed by atoms with Crippen LogP contribution in [0.2, 0.25) is 0 Å². The number of amides is 1. The van der Waals surface area contributed by atoms with Crippen molar-refractivity contribution >= 4 is 5.91 Å². The van der Waals surface area contributed by atoms with Crippen LogP contribution in [-0.2, 0) is 16.1 Å². The number of nitrogens with one attached hydrogen (secondary N) is 1. The van der Waals surface area contributed by atoms with Gasteiger partial charge in [0.2, 0.25) is 5.89 Å². The molecule has 1 heterocycles. The Balaban J connectivity index is 1.98. The number of rotatable bonds is 5. The first kappa shape index (κ1) is 13.2. The van der Waals surface area contributed by atoms with Crippen LogP contribution < -0.4 is 5.32 Å². The Morgan fingerprint density at radius 3 is 2.74 bits per heavy atom. The lowest BCUT2D eigenvalue weighted by Gasteiger charge is -2.14. The summed E-state index contributed by atoms with van der Waals surface area (Å²) < 4.78 is 10.1. The number of nitrogens with zero attached hydrogens (tertiary/aromatic N) is 2. The van der Waals surface area contributed by atoms with Gasteiger partial charge in [-0.15, -0.1) is 0 Å². The molecule has 1 aromatic heterocycles. The average Bonchev–Trinajstić information content (AvgIpc) is 2.84. The fourth-order valence-corrected chi connectivity index (χ4v) is 1.69. The molecular weight excluding hydrogens is 246 g/mol. The zero-order chi connectivity index (χ0) is 13.7. The molecule has 1 amide bonds. The zero-order valence-corrected chi connectivity index (χ0v) is 10.8. The third-order valence-corrected chi connectivity index (χ3v) is 2.56. The van der Waals surface area contributed by atoms with E-state index in [1.54, 1.807) is 6.92 Å². The summed E-state index contributed by atoms with van der Waals surface area (Å²) in [6.45, 7) is 1.91. The number of carbonyl (C=O) groups excluding carboxylic acids is 1. The van der Waals surface area contributed by atoms with E-state index < -0.39 is 6.10 Å². The molecule has 0 saturated heterocycles. The third kappa shape index (κ3) is 3.38. The number of hydrogen-bond donors (Lipinski definition) is 1. The Morgan fingerprint density at radius 1 is 1.42 bits per heavy atom. The predicted molar refractivity (Wildman–Crippen MR) is 67.1 cm³/mol. The van der Waals surface area contributed by atoms with E-state index in [-0.39, 0.29) is 12.5 Å². The van der Waals surface area contributed by atoms with E-state index in [0.717, 1.165) is 5.56 Å². The second kappa shape index (κ2) is 6.10. The summed E-state index contributed by atoms with van der Waals surface area (Å²) >= 11 is 0. The number of aromatic nitrogens is 2. The Bertz CT molecular complexity index is 539. The predicted octanol–water partition coefficient (Wildman–Crippen LogP) is 1.38. The fourth-order valence-electron chi connectivity index (χ4n) is 1.69. The Morgan fingerprint density at radius 2 is 2.16 bits per heavy atom. The van der Waals surface area contributed by atoms with Crippen molar-refractivity contribution in [2.75, 3.05) is 7.11 Å². The van der Waals surface area contributed by atoms with Crippen molar-refractivity contribution in [3.05, 3.63) is 47.6 Å². The Kier molecular flexibility index (Phi) is 4.25. The molecule has 19 heavy (non-hydrogen) atoms. The molecule has 0 radical (unpaired) electrons. The van der Waals surface area contributed by atoms with E-state index in [2.05, 4.69) is 15.5 Å². The largest absolute Gasteiger partial charge is 0.367 e. The van der Waals surface area contributed by atoms with Crippen molar-refractivity contribution in [2.24, 2.45) is 0 Å². The molecule has 0 unspecified atom stereocenters. The van der Waals surface area contributed by atoms with Crippen molar-refractivity contribution < 1.29 is 14.1 Å². The van der Waals surface area contributed by atoms with Crippen LogP contribution in [-0.4, -0.2) is 23.2 Å². The van der Waals surface area contributed by atoms with Gasteiger partial charge in [0.1, 0.15) is 0 Å². The second-order valence-electron chi connectivity index (χ2n) is 3.98. The molecule has 100 valence electrons. The monoisotopic (exact) mass is 261 g/mol. The number of aryl methyl sites for hydroxylation is 1. The van der Waals surface area contributed by atoms with Gasteiger partial charge in [-0.05, 0) is 12.5 Å². The van der Waals surface area contributed by atoms with Crippen LogP contribution >= 0.6 is 0 Å². The van der Waals surface area contributed by atoms with E-state index >= 15 is 0 Å².